The van der Waals surface area contributed by atoms with Crippen molar-refractivity contribution < 1.29 is 18.3 Å². The lowest BCUT2D eigenvalue weighted by atomic mass is 9.90. The van der Waals surface area contributed by atoms with E-state index in [9.17, 15) is 18.3 Å². The summed E-state index contributed by atoms with van der Waals surface area (Å²) in [5.74, 6) is 0. The summed E-state index contributed by atoms with van der Waals surface area (Å²) >= 11 is 0. The van der Waals surface area contributed by atoms with Crippen LogP contribution >= 0.6 is 0 Å². The molecule has 1 rings (SSSR count). The molecule has 1 unspecified atom stereocenters. The molecule has 0 aliphatic carbocycles. The van der Waals surface area contributed by atoms with E-state index in [2.05, 4.69) is 0 Å². The minimum Gasteiger partial charge on any atom is -0.399 e. The van der Waals surface area contributed by atoms with Crippen LogP contribution in [0.25, 0.3) is 0 Å². The van der Waals surface area contributed by atoms with Gasteiger partial charge in [-0.3, -0.25) is 0 Å². The van der Waals surface area contributed by atoms with Crippen molar-refractivity contribution in [1.82, 2.24) is 0 Å². The smallest absolute Gasteiger partial charge is 0.399 e. The molecule has 0 bridgehead atoms. The van der Waals surface area contributed by atoms with E-state index in [4.69, 9.17) is 5.73 Å². The number of hydrogen-bond donors (Lipinski definition) is 2. The first-order valence-corrected chi connectivity index (χ1v) is 4.46. The minimum atomic E-state index is -4.68. The van der Waals surface area contributed by atoms with Crippen molar-refractivity contribution in [2.45, 2.75) is 25.1 Å². The molecule has 0 amide bonds. The fourth-order valence-electron chi connectivity index (χ4n) is 1.33. The van der Waals surface area contributed by atoms with Crippen molar-refractivity contribution >= 4 is 5.69 Å². The van der Waals surface area contributed by atoms with Crippen molar-refractivity contribution in [2.24, 2.45) is 0 Å². The number of nitrogens with two attached hydrogens (primary N) is 1. The Kier molecular flexibility index (Phi) is 2.95. The summed E-state index contributed by atoms with van der Waals surface area (Å²) < 4.78 is 37.8. The number of aliphatic hydroxyl groups is 1. The van der Waals surface area contributed by atoms with Gasteiger partial charge in [0.2, 0.25) is 0 Å². The third kappa shape index (κ3) is 2.07. The summed E-state index contributed by atoms with van der Waals surface area (Å²) in [6, 6.07) is 5.04. The molecule has 5 heteroatoms. The molecule has 0 saturated carbocycles. The third-order valence-corrected chi connectivity index (χ3v) is 2.37. The molecule has 0 saturated heterocycles. The zero-order chi connectivity index (χ0) is 11.7. The van der Waals surface area contributed by atoms with Gasteiger partial charge in [0.1, 0.15) is 0 Å². The molecule has 1 atom stereocenters. The van der Waals surface area contributed by atoms with Gasteiger partial charge in [0, 0.05) is 5.69 Å². The molecule has 0 heterocycles. The van der Waals surface area contributed by atoms with Gasteiger partial charge in [0.25, 0.3) is 0 Å². The lowest BCUT2D eigenvalue weighted by molar-refractivity contribution is -0.267. The van der Waals surface area contributed by atoms with Crippen LogP contribution in [0.5, 0.6) is 0 Å². The largest absolute Gasteiger partial charge is 0.421 e. The number of rotatable bonds is 2. The van der Waals surface area contributed by atoms with Crippen molar-refractivity contribution in [2.75, 3.05) is 5.73 Å². The van der Waals surface area contributed by atoms with Gasteiger partial charge in [0.05, 0.1) is 0 Å². The number of hydrogen-bond acceptors (Lipinski definition) is 2. The normalized spacial score (nSPS) is 16.1. The summed E-state index contributed by atoms with van der Waals surface area (Å²) in [4.78, 5) is 0. The van der Waals surface area contributed by atoms with Gasteiger partial charge < -0.3 is 10.8 Å². The molecule has 0 radical (unpaired) electrons. The maximum absolute atomic E-state index is 12.6. The van der Waals surface area contributed by atoms with Crippen molar-refractivity contribution in [3.63, 3.8) is 0 Å². The van der Waals surface area contributed by atoms with Crippen LogP contribution in [0, 0.1) is 0 Å². The van der Waals surface area contributed by atoms with Gasteiger partial charge in [-0.15, -0.1) is 0 Å². The Morgan fingerprint density at radius 3 is 2.00 bits per heavy atom. The van der Waals surface area contributed by atoms with Crippen LogP contribution in [0.3, 0.4) is 0 Å². The van der Waals surface area contributed by atoms with Gasteiger partial charge in [0.15, 0.2) is 5.60 Å². The Balaban J connectivity index is 3.18. The second kappa shape index (κ2) is 3.73. The predicted octanol–water partition coefficient (Wildman–Crippen LogP) is 2.43. The molecule has 0 aliphatic rings. The molecule has 1 aromatic rings. The average molecular weight is 219 g/mol. The highest BCUT2D eigenvalue weighted by atomic mass is 19.4. The van der Waals surface area contributed by atoms with Crippen molar-refractivity contribution in [3.05, 3.63) is 29.8 Å². The van der Waals surface area contributed by atoms with Crippen LogP contribution in [0.2, 0.25) is 0 Å². The first-order valence-electron chi connectivity index (χ1n) is 4.46. The standard InChI is InChI=1S/C10H12F3NO/c1-2-9(15,10(11,12)13)7-3-5-8(14)6-4-7/h3-6,15H,2,14H2,1H3. The van der Waals surface area contributed by atoms with E-state index in [-0.39, 0.29) is 5.56 Å². The number of nitrogen functional groups attached to an aromatic ring is 1. The maximum atomic E-state index is 12.6. The van der Waals surface area contributed by atoms with E-state index in [0.29, 0.717) is 5.69 Å². The Morgan fingerprint density at radius 2 is 1.67 bits per heavy atom. The second-order valence-electron chi connectivity index (χ2n) is 3.33. The Labute approximate surface area is 85.5 Å². The molecule has 0 fully saturated rings. The lowest BCUT2D eigenvalue weighted by Gasteiger charge is -2.29. The van der Waals surface area contributed by atoms with Crippen molar-refractivity contribution in [1.29, 1.82) is 0 Å². The molecular weight excluding hydrogens is 207 g/mol. The summed E-state index contributed by atoms with van der Waals surface area (Å²) in [7, 11) is 0. The van der Waals surface area contributed by atoms with Crippen LogP contribution < -0.4 is 5.73 Å². The Hall–Kier alpha value is -1.23. The maximum Gasteiger partial charge on any atom is 0.421 e. The number of benzene rings is 1. The highest BCUT2D eigenvalue weighted by molar-refractivity contribution is 5.41. The van der Waals surface area contributed by atoms with E-state index in [1.807, 2.05) is 0 Å². The van der Waals surface area contributed by atoms with Crippen LogP contribution in [0.4, 0.5) is 18.9 Å². The van der Waals surface area contributed by atoms with Crippen LogP contribution in [-0.4, -0.2) is 11.3 Å². The summed E-state index contributed by atoms with van der Waals surface area (Å²) in [5, 5.41) is 9.55. The molecule has 84 valence electrons. The molecule has 1 aromatic carbocycles. The topological polar surface area (TPSA) is 46.2 Å². The minimum absolute atomic E-state index is 0.188. The SMILES string of the molecule is CCC(O)(c1ccc(N)cc1)C(F)(F)F. The van der Waals surface area contributed by atoms with E-state index in [1.165, 1.54) is 31.2 Å². The number of alkyl halides is 3. The van der Waals surface area contributed by atoms with Gasteiger partial charge in [-0.05, 0) is 24.1 Å². The Morgan fingerprint density at radius 1 is 1.20 bits per heavy atom. The number of halogens is 3. The fourth-order valence-corrected chi connectivity index (χ4v) is 1.33. The van der Waals surface area contributed by atoms with E-state index < -0.39 is 18.2 Å². The predicted molar refractivity (Wildman–Crippen MR) is 51.1 cm³/mol. The summed E-state index contributed by atoms with van der Waals surface area (Å²) in [6.45, 7) is 1.28. The quantitative estimate of drug-likeness (QED) is 0.750. The summed E-state index contributed by atoms with van der Waals surface area (Å²) in [6.07, 6.45) is -5.11. The first-order chi connectivity index (χ1) is 6.81. The lowest BCUT2D eigenvalue weighted by Crippen LogP contribution is -2.41. The third-order valence-electron chi connectivity index (χ3n) is 2.37. The van der Waals surface area contributed by atoms with Crippen LogP contribution in [0.15, 0.2) is 24.3 Å². The molecular formula is C10H12F3NO. The van der Waals surface area contributed by atoms with Crippen LogP contribution in [0.1, 0.15) is 18.9 Å². The van der Waals surface area contributed by atoms with Crippen molar-refractivity contribution in [3.8, 4) is 0 Å². The molecule has 2 nitrogen and oxygen atoms in total. The average Bonchev–Trinajstić information content (AvgIpc) is 2.16. The zero-order valence-electron chi connectivity index (χ0n) is 8.17. The monoisotopic (exact) mass is 219 g/mol. The fraction of sp³-hybridized carbons (Fsp3) is 0.400. The van der Waals surface area contributed by atoms with E-state index in [1.54, 1.807) is 0 Å². The van der Waals surface area contributed by atoms with Gasteiger partial charge in [-0.2, -0.15) is 13.2 Å². The highest BCUT2D eigenvalue weighted by Gasteiger charge is 2.53. The highest BCUT2D eigenvalue weighted by Crippen LogP contribution is 2.41. The molecule has 0 aromatic heterocycles. The van der Waals surface area contributed by atoms with Gasteiger partial charge >= 0.3 is 6.18 Å². The second-order valence-corrected chi connectivity index (χ2v) is 3.33. The van der Waals surface area contributed by atoms with Gasteiger partial charge in [-0.1, -0.05) is 19.1 Å². The first kappa shape index (κ1) is 11.8. The van der Waals surface area contributed by atoms with Crippen LogP contribution in [-0.2, 0) is 5.60 Å². The Bertz CT molecular complexity index is 334. The van der Waals surface area contributed by atoms with Gasteiger partial charge in [-0.25, -0.2) is 0 Å². The molecule has 0 aliphatic heterocycles. The number of anilines is 1. The van der Waals surface area contributed by atoms with E-state index in [0.717, 1.165) is 0 Å². The zero-order valence-corrected chi connectivity index (χ0v) is 8.17. The molecule has 15 heavy (non-hydrogen) atoms. The summed E-state index contributed by atoms with van der Waals surface area (Å²) in [5.41, 5.74) is 2.74. The van der Waals surface area contributed by atoms with E-state index >= 15 is 0 Å². The molecule has 3 N–H and O–H groups in total. The molecule has 0 spiro atoms.